The van der Waals surface area contributed by atoms with Crippen molar-refractivity contribution in [3.05, 3.63) is 143 Å². The van der Waals surface area contributed by atoms with Crippen molar-refractivity contribution in [3.63, 3.8) is 0 Å². The SMILES string of the molecule is CCCc1c[nH]c2ccccc12.CCCc1cn(C)c2ccccc12.COc1cc(C#N)c(N=C=S)cc1OC.COc1cc2nc(=S)n(CCc3cn(C)c4ccccc34)c(N)c2cc1OC.[K+].[OH-]. The van der Waals surface area contributed by atoms with Crippen LogP contribution in [0.5, 0.6) is 23.0 Å². The number of ether oxygens (including phenoxy) is 4. The second-order valence-electron chi connectivity index (χ2n) is 15.9. The average Bonchev–Trinajstić information content (AvgIpc) is 4.03. The molecule has 0 aliphatic rings. The van der Waals surface area contributed by atoms with E-state index < -0.39 is 0 Å². The van der Waals surface area contributed by atoms with E-state index in [0.717, 1.165) is 11.8 Å². The Kier molecular flexibility index (Phi) is 22.3. The molecule has 0 atom stereocenters. The normalized spacial score (nSPS) is 10.2. The fourth-order valence-electron chi connectivity index (χ4n) is 8.25. The predicted molar refractivity (Wildman–Crippen MR) is 285 cm³/mol. The molecule has 5 aromatic carbocycles. The Morgan fingerprint density at radius 3 is 1.74 bits per heavy atom. The van der Waals surface area contributed by atoms with Crippen molar-refractivity contribution < 1.29 is 75.8 Å². The fourth-order valence-corrected chi connectivity index (χ4v) is 8.64. The third-order valence-corrected chi connectivity index (χ3v) is 12.0. The number of aromatic nitrogens is 5. The predicted octanol–water partition coefficient (Wildman–Crippen LogP) is 9.49. The van der Waals surface area contributed by atoms with Crippen LogP contribution < -0.4 is 76.1 Å². The Balaban J connectivity index is 0.000000216. The second kappa shape index (κ2) is 27.5. The number of nitrogens with zero attached hydrogens (tertiary/aromatic N) is 6. The number of anilines is 1. The first-order valence-corrected chi connectivity index (χ1v) is 23.1. The third kappa shape index (κ3) is 13.3. The summed E-state index contributed by atoms with van der Waals surface area (Å²) < 4.78 is 27.6. The van der Waals surface area contributed by atoms with E-state index in [0.29, 0.717) is 56.9 Å². The van der Waals surface area contributed by atoms with E-state index in [1.54, 1.807) is 32.4 Å². The molecule has 70 heavy (non-hydrogen) atoms. The number of methoxy groups -OCH3 is 4. The van der Waals surface area contributed by atoms with Crippen LogP contribution in [0.4, 0.5) is 11.5 Å². The number of nitriles is 1. The maximum Gasteiger partial charge on any atom is 1.00 e. The minimum Gasteiger partial charge on any atom is -0.870 e. The van der Waals surface area contributed by atoms with Gasteiger partial charge in [0.25, 0.3) is 0 Å². The Morgan fingerprint density at radius 2 is 1.19 bits per heavy atom. The quantitative estimate of drug-likeness (QED) is 0.0682. The summed E-state index contributed by atoms with van der Waals surface area (Å²) in [5, 5.41) is 15.9. The van der Waals surface area contributed by atoms with Crippen molar-refractivity contribution in [1.29, 1.82) is 5.26 Å². The molecule has 358 valence electrons. The standard InChI is InChI=1S/C21H22N4O2S.C12H15N.C11H13N.C10H8N2O2S.K.H2O/c1-24-12-13(14-6-4-5-7-17(14)24)8-9-25-20(22)15-10-18(26-2)19(27-3)11-16(15)23-21(25)28;1-3-6-10-9-13(2)12-8-5-4-7-11(10)12;1-2-5-9-8-12-11-7-4-3-6-10(9)11;1-13-9-3-7(5-11)8(12-6-15)4-10(9)14-2;;/h4-7,10-12H,8-9,22H2,1-3H3;4-5,7-9H,3,6H2,1-2H3;3-4,6-8,12H,2,5H2,1H3;3-4H,1-2H3;;1H2/q;;;;+1;/p-1. The number of aliphatic imine (C=N–C) groups is 1. The number of rotatable bonds is 12. The topological polar surface area (TPSA) is 173 Å². The van der Waals surface area contributed by atoms with Crippen molar-refractivity contribution in [1.82, 2.24) is 23.7 Å². The minimum atomic E-state index is 0. The summed E-state index contributed by atoms with van der Waals surface area (Å²) in [6, 6.07) is 34.2. The summed E-state index contributed by atoms with van der Waals surface area (Å²) in [5.74, 6) is 2.78. The number of aromatic amines is 1. The third-order valence-electron chi connectivity index (χ3n) is 11.6. The molecule has 9 rings (SSSR count). The van der Waals surface area contributed by atoms with Crippen molar-refractivity contribution in [2.75, 3.05) is 34.2 Å². The molecule has 4 heterocycles. The van der Waals surface area contributed by atoms with Crippen molar-refractivity contribution in [2.24, 2.45) is 19.1 Å². The number of H-pyrrole nitrogens is 1. The number of para-hydroxylation sites is 3. The summed E-state index contributed by atoms with van der Waals surface area (Å²) in [7, 11) is 10.4. The molecule has 0 radical (unpaired) electrons. The first-order chi connectivity index (χ1) is 33.0. The van der Waals surface area contributed by atoms with Crippen LogP contribution in [0.25, 0.3) is 43.6 Å². The van der Waals surface area contributed by atoms with Gasteiger partial charge < -0.3 is 48.8 Å². The van der Waals surface area contributed by atoms with Crippen molar-refractivity contribution in [3.8, 4) is 29.1 Å². The zero-order valence-electron chi connectivity index (χ0n) is 41.4. The van der Waals surface area contributed by atoms with Gasteiger partial charge in [-0.25, -0.2) is 4.98 Å². The van der Waals surface area contributed by atoms with Crippen LogP contribution in [0.2, 0.25) is 0 Å². The fraction of sp³-hybridized carbons (Fsp3) is 0.259. The van der Waals surface area contributed by atoms with Crippen LogP contribution >= 0.6 is 24.4 Å². The first-order valence-electron chi connectivity index (χ1n) is 22.3. The number of nitrogens with two attached hydrogens (primary N) is 1. The number of isothiocyanates is 1. The molecule has 0 fully saturated rings. The van der Waals surface area contributed by atoms with Crippen molar-refractivity contribution in [2.45, 2.75) is 52.5 Å². The summed E-state index contributed by atoms with van der Waals surface area (Å²) in [6.45, 7) is 5.08. The van der Waals surface area contributed by atoms with Crippen LogP contribution in [0.1, 0.15) is 48.9 Å². The smallest absolute Gasteiger partial charge is 0.870 e. The molecule has 0 aliphatic heterocycles. The van der Waals surface area contributed by atoms with Gasteiger partial charge in [0.15, 0.2) is 23.0 Å². The average molecular weight is 1000 g/mol. The van der Waals surface area contributed by atoms with Gasteiger partial charge in [0.1, 0.15) is 11.9 Å². The Morgan fingerprint density at radius 1 is 0.686 bits per heavy atom. The summed E-state index contributed by atoms with van der Waals surface area (Å²) in [4.78, 5) is 11.6. The number of nitrogens with one attached hydrogen (secondary N) is 1. The van der Waals surface area contributed by atoms with E-state index in [-0.39, 0.29) is 56.9 Å². The molecule has 0 saturated carbocycles. The van der Waals surface area contributed by atoms with E-state index in [9.17, 15) is 0 Å². The van der Waals surface area contributed by atoms with Gasteiger partial charge in [0.05, 0.1) is 50.4 Å². The molecule has 0 unspecified atom stereocenters. The molecule has 0 aliphatic carbocycles. The molecule has 0 saturated heterocycles. The zero-order chi connectivity index (χ0) is 48.7. The number of aryl methyl sites for hydroxylation is 5. The van der Waals surface area contributed by atoms with E-state index >= 15 is 0 Å². The molecular formula is C54H59KN8O5S2. The molecule has 4 N–H and O–H groups in total. The van der Waals surface area contributed by atoms with E-state index in [1.165, 1.54) is 89.3 Å². The van der Waals surface area contributed by atoms with Gasteiger partial charge in [-0.05, 0) is 84.7 Å². The van der Waals surface area contributed by atoms with E-state index in [1.807, 2.05) is 16.7 Å². The largest absolute Gasteiger partial charge is 1.00 e. The number of benzene rings is 5. The number of nitrogen functional groups attached to an aromatic ring is 1. The van der Waals surface area contributed by atoms with Crippen LogP contribution in [0.15, 0.2) is 121 Å². The van der Waals surface area contributed by atoms with Gasteiger partial charge in [-0.2, -0.15) is 10.3 Å². The van der Waals surface area contributed by atoms with Gasteiger partial charge in [-0.15, -0.1) is 0 Å². The first kappa shape index (κ1) is 56.8. The maximum absolute atomic E-state index is 8.86. The molecular weight excluding hydrogens is 944 g/mol. The number of hydrogen-bond acceptors (Lipinski definition) is 11. The summed E-state index contributed by atoms with van der Waals surface area (Å²) >= 11 is 10.0. The van der Waals surface area contributed by atoms with Crippen LogP contribution in [0, 0.1) is 16.1 Å². The van der Waals surface area contributed by atoms with Gasteiger partial charge in [0.2, 0.25) is 4.77 Å². The molecule has 13 nitrogen and oxygen atoms in total. The molecule has 9 aromatic rings. The maximum atomic E-state index is 8.86. The van der Waals surface area contributed by atoms with Crippen LogP contribution in [-0.2, 0) is 39.9 Å². The number of fused-ring (bicyclic) bond motifs is 4. The van der Waals surface area contributed by atoms with Crippen LogP contribution in [0.3, 0.4) is 0 Å². The molecule has 4 aromatic heterocycles. The zero-order valence-corrected chi connectivity index (χ0v) is 46.1. The van der Waals surface area contributed by atoms with Gasteiger partial charge >= 0.3 is 51.4 Å². The minimum absolute atomic E-state index is 0. The van der Waals surface area contributed by atoms with Gasteiger partial charge in [-0.1, -0.05) is 81.3 Å². The molecule has 0 amide bonds. The second-order valence-corrected chi connectivity index (χ2v) is 16.4. The van der Waals surface area contributed by atoms with Crippen molar-refractivity contribution >= 4 is 84.7 Å². The van der Waals surface area contributed by atoms with Gasteiger partial charge in [-0.3, -0.25) is 0 Å². The van der Waals surface area contributed by atoms with E-state index in [4.69, 9.17) is 42.2 Å². The summed E-state index contributed by atoms with van der Waals surface area (Å²) in [5.41, 5.74) is 15.9. The molecule has 16 heteroatoms. The monoisotopic (exact) mass is 1000 g/mol. The Bertz CT molecular complexity index is 3330. The molecule has 0 spiro atoms. The number of hydrogen-bond donors (Lipinski definition) is 2. The number of thiocarbonyl (C=S) groups is 1. The van der Waals surface area contributed by atoms with E-state index in [2.05, 4.69) is 161 Å². The Labute approximate surface area is 462 Å². The summed E-state index contributed by atoms with van der Waals surface area (Å²) in [6.07, 6.45) is 12.1. The van der Waals surface area contributed by atoms with Crippen LogP contribution in [-0.4, -0.2) is 62.7 Å². The Hall–Kier alpha value is -5.83. The van der Waals surface area contributed by atoms with Gasteiger partial charge in [0, 0.05) is 95.5 Å². The molecule has 0 bridgehead atoms.